The van der Waals surface area contributed by atoms with Crippen LogP contribution < -0.4 is 10.1 Å². The molecule has 0 aliphatic carbocycles. The lowest BCUT2D eigenvalue weighted by molar-refractivity contribution is -0.137. The zero-order chi connectivity index (χ0) is 18.6. The first-order valence-corrected chi connectivity index (χ1v) is 7.92. The van der Waals surface area contributed by atoms with E-state index < -0.39 is 17.6 Å². The number of aromatic nitrogens is 2. The van der Waals surface area contributed by atoms with Gasteiger partial charge in [-0.1, -0.05) is 19.9 Å². The van der Waals surface area contributed by atoms with E-state index in [2.05, 4.69) is 10.4 Å². The lowest BCUT2D eigenvalue weighted by Crippen LogP contribution is -2.34. The van der Waals surface area contributed by atoms with Crippen LogP contribution in [-0.4, -0.2) is 28.8 Å². The van der Waals surface area contributed by atoms with Gasteiger partial charge in [0.1, 0.15) is 0 Å². The Hall–Kier alpha value is -2.51. The van der Waals surface area contributed by atoms with Gasteiger partial charge in [0.05, 0.1) is 24.6 Å². The molecule has 2 aromatic rings. The van der Waals surface area contributed by atoms with Gasteiger partial charge in [-0.25, -0.2) is 4.68 Å². The number of amides is 1. The fraction of sp³-hybridized carbons (Fsp3) is 0.412. The molecule has 2 rings (SSSR count). The van der Waals surface area contributed by atoms with Gasteiger partial charge in [0.2, 0.25) is 0 Å². The van der Waals surface area contributed by atoms with Crippen molar-refractivity contribution in [1.82, 2.24) is 15.1 Å². The molecule has 0 radical (unpaired) electrons. The Morgan fingerprint density at radius 2 is 2.00 bits per heavy atom. The molecule has 0 unspecified atom stereocenters. The van der Waals surface area contributed by atoms with Crippen LogP contribution in [0.1, 0.15) is 42.7 Å². The Kier molecular flexibility index (Phi) is 5.71. The maximum atomic E-state index is 12.9. The van der Waals surface area contributed by atoms with Gasteiger partial charge in [0.25, 0.3) is 5.91 Å². The minimum Gasteiger partial charge on any atom is -0.493 e. The van der Waals surface area contributed by atoms with Crippen molar-refractivity contribution in [3.05, 3.63) is 41.7 Å². The van der Waals surface area contributed by atoms with Gasteiger partial charge < -0.3 is 10.1 Å². The van der Waals surface area contributed by atoms with Crippen LogP contribution in [0.3, 0.4) is 0 Å². The van der Waals surface area contributed by atoms with Crippen LogP contribution in [-0.2, 0) is 6.18 Å². The highest BCUT2D eigenvalue weighted by Crippen LogP contribution is 2.30. The van der Waals surface area contributed by atoms with Gasteiger partial charge in [0.15, 0.2) is 11.4 Å². The third-order valence-corrected chi connectivity index (χ3v) is 3.87. The van der Waals surface area contributed by atoms with Crippen LogP contribution in [0.15, 0.2) is 30.5 Å². The highest BCUT2D eigenvalue weighted by atomic mass is 19.4. The number of hydrogen-bond donors (Lipinski definition) is 1. The van der Waals surface area contributed by atoms with Crippen molar-refractivity contribution >= 4 is 5.91 Å². The first-order valence-electron chi connectivity index (χ1n) is 7.92. The molecule has 0 aliphatic heterocycles. The van der Waals surface area contributed by atoms with Crippen molar-refractivity contribution in [2.75, 3.05) is 7.11 Å². The number of nitrogens with one attached hydrogen (secondary N) is 1. The highest BCUT2D eigenvalue weighted by Gasteiger charge is 2.30. The predicted octanol–water partition coefficient (Wildman–Crippen LogP) is 3.82. The quantitative estimate of drug-likeness (QED) is 0.857. The molecular formula is C17H20F3N3O2. The second kappa shape index (κ2) is 7.58. The van der Waals surface area contributed by atoms with Gasteiger partial charge >= 0.3 is 6.18 Å². The van der Waals surface area contributed by atoms with Crippen molar-refractivity contribution in [3.8, 4) is 11.4 Å². The number of carbonyl (C=O) groups excluding carboxylic acids is 1. The van der Waals surface area contributed by atoms with Crippen LogP contribution in [0.4, 0.5) is 13.2 Å². The molecular weight excluding hydrogens is 335 g/mol. The zero-order valence-corrected chi connectivity index (χ0v) is 14.2. The van der Waals surface area contributed by atoms with E-state index in [0.29, 0.717) is 0 Å². The van der Waals surface area contributed by atoms with Crippen LogP contribution in [0, 0.1) is 0 Å². The van der Waals surface area contributed by atoms with E-state index in [-0.39, 0.29) is 23.2 Å². The van der Waals surface area contributed by atoms with Gasteiger partial charge in [-0.3, -0.25) is 4.79 Å². The van der Waals surface area contributed by atoms with Crippen LogP contribution in [0.2, 0.25) is 0 Å². The number of rotatable bonds is 6. The average molecular weight is 355 g/mol. The second-order valence-electron chi connectivity index (χ2n) is 5.53. The van der Waals surface area contributed by atoms with Crippen LogP contribution in [0.5, 0.6) is 5.75 Å². The van der Waals surface area contributed by atoms with Crippen molar-refractivity contribution in [3.63, 3.8) is 0 Å². The Morgan fingerprint density at radius 3 is 2.56 bits per heavy atom. The minimum absolute atomic E-state index is 0.00378. The average Bonchev–Trinajstić information content (AvgIpc) is 3.03. The fourth-order valence-electron chi connectivity index (χ4n) is 2.37. The van der Waals surface area contributed by atoms with Gasteiger partial charge in [-0.15, -0.1) is 0 Å². The molecule has 1 amide bonds. The number of benzene rings is 1. The van der Waals surface area contributed by atoms with Crippen molar-refractivity contribution in [2.24, 2.45) is 0 Å². The third kappa shape index (κ3) is 4.32. The van der Waals surface area contributed by atoms with Crippen LogP contribution >= 0.6 is 0 Å². The summed E-state index contributed by atoms with van der Waals surface area (Å²) in [7, 11) is 1.38. The van der Waals surface area contributed by atoms with E-state index in [9.17, 15) is 18.0 Å². The lowest BCUT2D eigenvalue weighted by Gasteiger charge is -2.13. The number of halogens is 3. The Labute approximate surface area is 143 Å². The molecule has 25 heavy (non-hydrogen) atoms. The SMILES string of the molecule is CCC(CC)NC(=O)c1nn(-c2cccc(C(F)(F)F)c2)cc1OC. The summed E-state index contributed by atoms with van der Waals surface area (Å²) in [5, 5.41) is 6.94. The van der Waals surface area contributed by atoms with Gasteiger partial charge in [-0.2, -0.15) is 18.3 Å². The molecule has 1 N–H and O–H groups in total. The first-order chi connectivity index (χ1) is 11.8. The Bertz CT molecular complexity index is 737. The molecule has 136 valence electrons. The molecule has 0 bridgehead atoms. The third-order valence-electron chi connectivity index (χ3n) is 3.87. The van der Waals surface area contributed by atoms with E-state index in [1.165, 1.54) is 30.1 Å². The largest absolute Gasteiger partial charge is 0.493 e. The molecule has 1 aromatic carbocycles. The van der Waals surface area contributed by atoms with Crippen molar-refractivity contribution in [1.29, 1.82) is 0 Å². The number of carbonyl (C=O) groups is 1. The summed E-state index contributed by atoms with van der Waals surface area (Å²) in [5.74, 6) is -0.225. The highest BCUT2D eigenvalue weighted by molar-refractivity contribution is 5.95. The summed E-state index contributed by atoms with van der Waals surface area (Å²) < 4.78 is 44.9. The maximum Gasteiger partial charge on any atom is 0.416 e. The van der Waals surface area contributed by atoms with E-state index in [1.807, 2.05) is 13.8 Å². The zero-order valence-electron chi connectivity index (χ0n) is 14.2. The number of methoxy groups -OCH3 is 1. The second-order valence-corrected chi connectivity index (χ2v) is 5.53. The van der Waals surface area contributed by atoms with Gasteiger partial charge in [-0.05, 0) is 31.0 Å². The molecule has 0 fully saturated rings. The molecule has 5 nitrogen and oxygen atoms in total. The summed E-state index contributed by atoms with van der Waals surface area (Å²) in [5.41, 5.74) is -0.566. The number of alkyl halides is 3. The monoisotopic (exact) mass is 355 g/mol. The molecule has 1 aromatic heterocycles. The van der Waals surface area contributed by atoms with E-state index in [1.54, 1.807) is 0 Å². The van der Waals surface area contributed by atoms with E-state index in [0.717, 1.165) is 25.0 Å². The maximum absolute atomic E-state index is 12.9. The predicted molar refractivity (Wildman–Crippen MR) is 87.0 cm³/mol. The lowest BCUT2D eigenvalue weighted by atomic mass is 10.1. The normalized spacial score (nSPS) is 11.6. The molecule has 0 saturated heterocycles. The minimum atomic E-state index is -4.46. The van der Waals surface area contributed by atoms with Crippen molar-refractivity contribution < 1.29 is 22.7 Å². The van der Waals surface area contributed by atoms with Crippen molar-refractivity contribution in [2.45, 2.75) is 38.9 Å². The first kappa shape index (κ1) is 18.8. The number of nitrogens with zero attached hydrogens (tertiary/aromatic N) is 2. The molecule has 0 atom stereocenters. The summed E-state index contributed by atoms with van der Waals surface area (Å²) >= 11 is 0. The Balaban J connectivity index is 2.36. The molecule has 0 aliphatic rings. The summed E-state index contributed by atoms with van der Waals surface area (Å²) in [6, 6.07) is 4.71. The molecule has 0 spiro atoms. The van der Waals surface area contributed by atoms with Crippen LogP contribution in [0.25, 0.3) is 5.69 Å². The molecule has 0 saturated carbocycles. The van der Waals surface area contributed by atoms with E-state index >= 15 is 0 Å². The summed E-state index contributed by atoms with van der Waals surface area (Å²) in [6.07, 6.45) is -1.54. The summed E-state index contributed by atoms with van der Waals surface area (Å²) in [4.78, 5) is 12.4. The fourth-order valence-corrected chi connectivity index (χ4v) is 2.37. The standard InChI is InChI=1S/C17H20F3N3O2/c1-4-12(5-2)21-16(24)15-14(25-3)10-23(22-15)13-8-6-7-11(9-13)17(18,19)20/h6-10,12H,4-5H2,1-3H3,(H,21,24). The Morgan fingerprint density at radius 1 is 1.32 bits per heavy atom. The molecule has 1 heterocycles. The number of ether oxygens (including phenoxy) is 1. The van der Waals surface area contributed by atoms with Gasteiger partial charge in [0, 0.05) is 6.04 Å². The number of hydrogen-bond acceptors (Lipinski definition) is 3. The summed E-state index contributed by atoms with van der Waals surface area (Å²) in [6.45, 7) is 3.90. The van der Waals surface area contributed by atoms with E-state index in [4.69, 9.17) is 4.74 Å². The smallest absolute Gasteiger partial charge is 0.416 e. The topological polar surface area (TPSA) is 56.2 Å². The molecule has 8 heteroatoms.